The Morgan fingerprint density at radius 2 is 1.96 bits per heavy atom. The molecule has 0 saturated heterocycles. The summed E-state index contributed by atoms with van der Waals surface area (Å²) in [6, 6.07) is 0. The van der Waals surface area contributed by atoms with Gasteiger partial charge in [-0.3, -0.25) is 4.79 Å². The molecule has 4 aliphatic carbocycles. The molecule has 0 spiro atoms. The fraction of sp³-hybridized carbons (Fsp3) is 0.632. The van der Waals surface area contributed by atoms with Crippen LogP contribution in [-0.2, 0) is 4.79 Å². The zero-order valence-electron chi connectivity index (χ0n) is 13.4. The van der Waals surface area contributed by atoms with Crippen molar-refractivity contribution in [2.75, 3.05) is 0 Å². The van der Waals surface area contributed by atoms with Crippen molar-refractivity contribution in [1.29, 1.82) is 0 Å². The molecule has 124 valence electrons. The second-order valence-corrected chi connectivity index (χ2v) is 8.52. The Morgan fingerprint density at radius 3 is 2.74 bits per heavy atom. The fourth-order valence-corrected chi connectivity index (χ4v) is 6.02. The van der Waals surface area contributed by atoms with E-state index in [0.29, 0.717) is 28.3 Å². The molecular formula is C19H22Cl2O2. The van der Waals surface area contributed by atoms with Crippen LogP contribution in [0.2, 0.25) is 0 Å². The van der Waals surface area contributed by atoms with E-state index in [9.17, 15) is 9.90 Å². The third kappa shape index (κ3) is 2.22. The van der Waals surface area contributed by atoms with Crippen molar-refractivity contribution in [1.82, 2.24) is 0 Å². The first kappa shape index (κ1) is 15.9. The van der Waals surface area contributed by atoms with E-state index in [1.54, 1.807) is 0 Å². The summed E-state index contributed by atoms with van der Waals surface area (Å²) in [5.41, 5.74) is 3.86. The van der Waals surface area contributed by atoms with Gasteiger partial charge in [0.1, 0.15) is 0 Å². The fourth-order valence-electron chi connectivity index (χ4n) is 5.38. The van der Waals surface area contributed by atoms with E-state index in [1.807, 2.05) is 6.08 Å². The zero-order chi connectivity index (χ0) is 16.4. The Hall–Kier alpha value is -0.570. The largest absolute Gasteiger partial charge is 0.387 e. The van der Waals surface area contributed by atoms with Crippen LogP contribution in [0, 0.1) is 17.3 Å². The van der Waals surface area contributed by atoms with Crippen molar-refractivity contribution in [3.63, 3.8) is 0 Å². The summed E-state index contributed by atoms with van der Waals surface area (Å²) < 4.78 is 0. The topological polar surface area (TPSA) is 37.3 Å². The van der Waals surface area contributed by atoms with Crippen LogP contribution in [0.15, 0.2) is 32.9 Å². The van der Waals surface area contributed by atoms with Crippen molar-refractivity contribution in [3.8, 4) is 0 Å². The molecule has 4 aliphatic rings. The molecule has 0 aromatic rings. The van der Waals surface area contributed by atoms with E-state index in [1.165, 1.54) is 11.1 Å². The molecule has 23 heavy (non-hydrogen) atoms. The maximum absolute atomic E-state index is 11.9. The summed E-state index contributed by atoms with van der Waals surface area (Å²) in [4.78, 5) is 11.9. The molecule has 0 bridgehead atoms. The minimum atomic E-state index is -0.539. The molecule has 0 amide bonds. The van der Waals surface area contributed by atoms with Gasteiger partial charge in [0.05, 0.1) is 11.1 Å². The maximum Gasteiger partial charge on any atom is 0.174 e. The Labute approximate surface area is 147 Å². The predicted molar refractivity (Wildman–Crippen MR) is 92.3 cm³/mol. The summed E-state index contributed by atoms with van der Waals surface area (Å²) in [6.45, 7) is 2.20. The number of allylic oxidation sites excluding steroid dienone is 5. The number of rotatable bonds is 0. The highest BCUT2D eigenvalue weighted by atomic mass is 35.5. The lowest BCUT2D eigenvalue weighted by molar-refractivity contribution is -0.115. The monoisotopic (exact) mass is 352 g/mol. The van der Waals surface area contributed by atoms with E-state index in [4.69, 9.17) is 23.2 Å². The van der Waals surface area contributed by atoms with Crippen LogP contribution in [0.4, 0.5) is 0 Å². The van der Waals surface area contributed by atoms with Crippen LogP contribution in [0.1, 0.15) is 51.9 Å². The van der Waals surface area contributed by atoms with Gasteiger partial charge in [-0.2, -0.15) is 0 Å². The number of halogens is 2. The lowest BCUT2D eigenvalue weighted by atomic mass is 9.52. The summed E-state index contributed by atoms with van der Waals surface area (Å²) in [6.07, 6.45) is 7.69. The Kier molecular flexibility index (Phi) is 3.79. The number of hydrogen-bond acceptors (Lipinski definition) is 2. The lowest BCUT2D eigenvalue weighted by Crippen LogP contribution is -2.49. The molecule has 0 heterocycles. The van der Waals surface area contributed by atoms with E-state index in [2.05, 4.69) is 6.92 Å². The van der Waals surface area contributed by atoms with Gasteiger partial charge in [0, 0.05) is 16.9 Å². The molecule has 1 fully saturated rings. The van der Waals surface area contributed by atoms with Crippen LogP contribution < -0.4 is 0 Å². The predicted octanol–water partition coefficient (Wildman–Crippen LogP) is 4.85. The van der Waals surface area contributed by atoms with Gasteiger partial charge in [0.15, 0.2) is 5.78 Å². The SMILES string of the molecule is C[C@]12CCC3=C4CCC(=O)C(Cl)=C4CC[C@H]3[C@@H]1CC=C(Cl)[C@@H]2O. The average molecular weight is 353 g/mol. The molecule has 1 saturated carbocycles. The van der Waals surface area contributed by atoms with Crippen molar-refractivity contribution in [2.45, 2.75) is 58.0 Å². The van der Waals surface area contributed by atoms with Crippen molar-refractivity contribution in [2.24, 2.45) is 17.3 Å². The summed E-state index contributed by atoms with van der Waals surface area (Å²) in [5, 5.41) is 11.7. The van der Waals surface area contributed by atoms with Gasteiger partial charge in [0.25, 0.3) is 0 Å². The van der Waals surface area contributed by atoms with E-state index >= 15 is 0 Å². The second-order valence-electron chi connectivity index (χ2n) is 7.70. The highest BCUT2D eigenvalue weighted by molar-refractivity contribution is 6.43. The summed E-state index contributed by atoms with van der Waals surface area (Å²) in [5.74, 6) is 1.04. The first-order valence-electron chi connectivity index (χ1n) is 8.61. The number of ketones is 1. The van der Waals surface area contributed by atoms with Gasteiger partial charge >= 0.3 is 0 Å². The van der Waals surface area contributed by atoms with Gasteiger partial charge in [-0.05, 0) is 61.5 Å². The van der Waals surface area contributed by atoms with E-state index < -0.39 is 6.10 Å². The van der Waals surface area contributed by atoms with Crippen molar-refractivity contribution >= 4 is 29.0 Å². The number of fused-ring (bicyclic) bond motifs is 4. The smallest absolute Gasteiger partial charge is 0.174 e. The minimum absolute atomic E-state index is 0.105. The van der Waals surface area contributed by atoms with Crippen LogP contribution in [-0.4, -0.2) is 17.0 Å². The molecule has 0 unspecified atom stereocenters. The number of carbonyl (C=O) groups is 1. The van der Waals surface area contributed by atoms with Gasteiger partial charge in [-0.15, -0.1) is 0 Å². The number of hydrogen-bond donors (Lipinski definition) is 1. The number of Topliss-reactive ketones (excluding diaryl/α,β-unsaturated/α-hetero) is 1. The van der Waals surface area contributed by atoms with Crippen LogP contribution in [0.3, 0.4) is 0 Å². The first-order valence-corrected chi connectivity index (χ1v) is 9.37. The highest BCUT2D eigenvalue weighted by Gasteiger charge is 2.52. The standard InChI is InChI=1S/C19H22Cl2O2/c1-19-9-8-11-10-4-7-16(22)17(21)13(10)3-2-12(11)14(19)5-6-15(20)18(19)23/h6,12,14,18,23H,2-5,7-9H2,1H3/t12-,14+,18+,19+/m1/s1. The highest BCUT2D eigenvalue weighted by Crippen LogP contribution is 2.59. The molecule has 0 aromatic heterocycles. The Morgan fingerprint density at radius 1 is 1.17 bits per heavy atom. The molecule has 2 nitrogen and oxygen atoms in total. The van der Waals surface area contributed by atoms with E-state index in [-0.39, 0.29) is 11.2 Å². The average Bonchev–Trinajstić information content (AvgIpc) is 2.54. The maximum atomic E-state index is 11.9. The summed E-state index contributed by atoms with van der Waals surface area (Å²) in [7, 11) is 0. The minimum Gasteiger partial charge on any atom is -0.387 e. The summed E-state index contributed by atoms with van der Waals surface area (Å²) >= 11 is 12.5. The molecule has 0 aromatic carbocycles. The first-order chi connectivity index (χ1) is 10.9. The lowest BCUT2D eigenvalue weighted by Gasteiger charge is -2.53. The normalized spacial score (nSPS) is 40.4. The zero-order valence-corrected chi connectivity index (χ0v) is 14.9. The Bertz CT molecular complexity index is 673. The number of carbonyl (C=O) groups excluding carboxylic acids is 1. The molecule has 1 N–H and O–H groups in total. The number of aliphatic hydroxyl groups is 1. The van der Waals surface area contributed by atoms with Crippen molar-refractivity contribution in [3.05, 3.63) is 32.9 Å². The van der Waals surface area contributed by atoms with Crippen LogP contribution in [0.5, 0.6) is 0 Å². The quantitative estimate of drug-likeness (QED) is 0.676. The molecule has 0 radical (unpaired) electrons. The van der Waals surface area contributed by atoms with Gasteiger partial charge in [0.2, 0.25) is 0 Å². The van der Waals surface area contributed by atoms with Crippen molar-refractivity contribution < 1.29 is 9.90 Å². The van der Waals surface area contributed by atoms with Gasteiger partial charge in [-0.25, -0.2) is 0 Å². The van der Waals surface area contributed by atoms with Crippen LogP contribution in [0.25, 0.3) is 0 Å². The molecule has 4 heteroatoms. The second kappa shape index (κ2) is 5.47. The molecule has 0 aliphatic heterocycles. The third-order valence-corrected chi connectivity index (χ3v) is 7.53. The van der Waals surface area contributed by atoms with Gasteiger partial charge < -0.3 is 5.11 Å². The molecular weight excluding hydrogens is 331 g/mol. The van der Waals surface area contributed by atoms with Crippen LogP contribution >= 0.6 is 23.2 Å². The molecule has 4 atom stereocenters. The van der Waals surface area contributed by atoms with E-state index in [0.717, 1.165) is 44.1 Å². The number of aliphatic hydroxyl groups excluding tert-OH is 1. The Balaban J connectivity index is 1.77. The third-order valence-electron chi connectivity index (χ3n) is 6.74. The van der Waals surface area contributed by atoms with Gasteiger partial charge in [-0.1, -0.05) is 41.8 Å². The molecule has 4 rings (SSSR count).